The molecule has 1 aromatic rings. The monoisotopic (exact) mass is 385 g/mol. The fraction of sp³-hybridized carbons (Fsp3) is 0.579. The molecule has 146 valence electrons. The molecule has 0 unspecified atom stereocenters. The average Bonchev–Trinajstić information content (AvgIpc) is 2.62. The number of ether oxygens (including phenoxy) is 1. The van der Waals surface area contributed by atoms with Gasteiger partial charge in [-0.3, -0.25) is 0 Å². The van der Waals surface area contributed by atoms with Crippen molar-refractivity contribution < 1.29 is 24.5 Å². The van der Waals surface area contributed by atoms with Gasteiger partial charge in [-0.1, -0.05) is 36.9 Å². The van der Waals surface area contributed by atoms with Crippen LogP contribution < -0.4 is 4.74 Å². The fourth-order valence-corrected chi connectivity index (χ4v) is 2.90. The number of hydrogen-bond acceptors (Lipinski definition) is 4. The molecule has 1 aliphatic rings. The number of piperidine rings is 1. The van der Waals surface area contributed by atoms with E-state index in [0.29, 0.717) is 0 Å². The van der Waals surface area contributed by atoms with E-state index in [-0.39, 0.29) is 0 Å². The van der Waals surface area contributed by atoms with Gasteiger partial charge in [-0.15, -0.1) is 0 Å². The van der Waals surface area contributed by atoms with Crippen LogP contribution in [0.2, 0.25) is 5.02 Å². The lowest BCUT2D eigenvalue weighted by Crippen LogP contribution is -2.30. The Bertz CT molecular complexity index is 534. The zero-order chi connectivity index (χ0) is 19.2. The van der Waals surface area contributed by atoms with E-state index < -0.39 is 11.9 Å². The van der Waals surface area contributed by atoms with Crippen molar-refractivity contribution in [3.05, 3.63) is 29.3 Å². The third kappa shape index (κ3) is 10.9. The zero-order valence-corrected chi connectivity index (χ0v) is 15.8. The third-order valence-electron chi connectivity index (χ3n) is 4.07. The topological polar surface area (TPSA) is 87.1 Å². The van der Waals surface area contributed by atoms with Crippen molar-refractivity contribution in [3.8, 4) is 5.75 Å². The summed E-state index contributed by atoms with van der Waals surface area (Å²) in [7, 11) is 0. The van der Waals surface area contributed by atoms with Crippen LogP contribution in [0.4, 0.5) is 0 Å². The molecule has 0 aromatic heterocycles. The van der Waals surface area contributed by atoms with Crippen molar-refractivity contribution >= 4 is 23.5 Å². The average molecular weight is 386 g/mol. The first kappa shape index (κ1) is 22.3. The summed E-state index contributed by atoms with van der Waals surface area (Å²) in [5.41, 5.74) is 0. The molecule has 26 heavy (non-hydrogen) atoms. The number of nitrogens with zero attached hydrogens (tertiary/aromatic N) is 1. The molecule has 1 fully saturated rings. The van der Waals surface area contributed by atoms with Crippen LogP contribution in [0.15, 0.2) is 24.3 Å². The van der Waals surface area contributed by atoms with Gasteiger partial charge in [0.25, 0.3) is 0 Å². The van der Waals surface area contributed by atoms with Gasteiger partial charge < -0.3 is 19.8 Å². The first-order valence-corrected chi connectivity index (χ1v) is 9.44. The molecule has 0 saturated carbocycles. The van der Waals surface area contributed by atoms with Crippen LogP contribution in [-0.2, 0) is 9.59 Å². The number of benzene rings is 1. The van der Waals surface area contributed by atoms with Crippen molar-refractivity contribution in [1.82, 2.24) is 4.90 Å². The highest BCUT2D eigenvalue weighted by Gasteiger charge is 2.08. The van der Waals surface area contributed by atoms with Gasteiger partial charge in [0.05, 0.1) is 6.61 Å². The Morgan fingerprint density at radius 1 is 1.00 bits per heavy atom. The van der Waals surface area contributed by atoms with Gasteiger partial charge in [0.15, 0.2) is 0 Å². The maximum absolute atomic E-state index is 9.10. The number of likely N-dealkylation sites (tertiary alicyclic amines) is 1. The van der Waals surface area contributed by atoms with Crippen molar-refractivity contribution in [2.75, 3.05) is 26.2 Å². The van der Waals surface area contributed by atoms with Crippen LogP contribution in [0.1, 0.15) is 44.9 Å². The second-order valence-corrected chi connectivity index (χ2v) is 6.67. The van der Waals surface area contributed by atoms with Gasteiger partial charge in [0.2, 0.25) is 0 Å². The standard InChI is InChI=1S/C17H26ClNO.C2H2O4/c18-16-9-8-10-17(15-16)20-14-7-2-1-4-11-19-12-5-3-6-13-19;3-1(4)2(5)6/h8-10,15H,1-7,11-14H2;(H,3,4)(H,5,6). The Morgan fingerprint density at radius 2 is 1.65 bits per heavy atom. The van der Waals surface area contributed by atoms with Gasteiger partial charge in [0.1, 0.15) is 5.75 Å². The Labute approximate surface area is 159 Å². The number of hydrogen-bond donors (Lipinski definition) is 2. The molecule has 7 heteroatoms. The second-order valence-electron chi connectivity index (χ2n) is 6.23. The summed E-state index contributed by atoms with van der Waals surface area (Å²) < 4.78 is 5.69. The predicted octanol–water partition coefficient (Wildman–Crippen LogP) is 3.92. The molecule has 0 aliphatic carbocycles. The Kier molecular flexibility index (Phi) is 11.5. The molecule has 1 aliphatic heterocycles. The number of carboxylic acids is 2. The molecular weight excluding hydrogens is 358 g/mol. The van der Waals surface area contributed by atoms with Crippen molar-refractivity contribution in [1.29, 1.82) is 0 Å². The highest BCUT2D eigenvalue weighted by atomic mass is 35.5. The molecule has 1 saturated heterocycles. The van der Waals surface area contributed by atoms with Crippen LogP contribution in [0.3, 0.4) is 0 Å². The summed E-state index contributed by atoms with van der Waals surface area (Å²) in [6, 6.07) is 7.63. The van der Waals surface area contributed by atoms with Crippen LogP contribution in [0, 0.1) is 0 Å². The van der Waals surface area contributed by atoms with E-state index >= 15 is 0 Å². The summed E-state index contributed by atoms with van der Waals surface area (Å²) >= 11 is 5.92. The van der Waals surface area contributed by atoms with Gasteiger partial charge in [-0.2, -0.15) is 0 Å². The summed E-state index contributed by atoms with van der Waals surface area (Å²) in [5.74, 6) is -2.77. The molecule has 1 heterocycles. The molecule has 0 spiro atoms. The highest BCUT2D eigenvalue weighted by Crippen LogP contribution is 2.17. The number of carboxylic acid groups (broad SMARTS) is 2. The summed E-state index contributed by atoms with van der Waals surface area (Å²) in [6.45, 7) is 4.72. The number of rotatable bonds is 8. The molecular formula is C19H28ClNO5. The van der Waals surface area contributed by atoms with Crippen LogP contribution in [0.5, 0.6) is 5.75 Å². The summed E-state index contributed by atoms with van der Waals surface area (Å²) in [4.78, 5) is 20.8. The summed E-state index contributed by atoms with van der Waals surface area (Å²) in [5, 5.41) is 15.5. The molecule has 0 radical (unpaired) electrons. The molecule has 0 atom stereocenters. The molecule has 6 nitrogen and oxygen atoms in total. The number of aliphatic carboxylic acids is 2. The minimum Gasteiger partial charge on any atom is -0.494 e. The van der Waals surface area contributed by atoms with E-state index in [4.69, 9.17) is 36.1 Å². The normalized spacial score (nSPS) is 14.2. The molecule has 2 N–H and O–H groups in total. The largest absolute Gasteiger partial charge is 0.494 e. The van der Waals surface area contributed by atoms with Gasteiger partial charge in [0, 0.05) is 5.02 Å². The maximum atomic E-state index is 9.10. The quantitative estimate of drug-likeness (QED) is 0.521. The van der Waals surface area contributed by atoms with E-state index in [1.807, 2.05) is 24.3 Å². The van der Waals surface area contributed by atoms with Crippen molar-refractivity contribution in [2.24, 2.45) is 0 Å². The van der Waals surface area contributed by atoms with E-state index in [2.05, 4.69) is 4.90 Å². The number of halogens is 1. The molecule has 0 amide bonds. The minimum atomic E-state index is -1.82. The Morgan fingerprint density at radius 3 is 2.27 bits per heavy atom. The SMILES string of the molecule is Clc1cccc(OCCCCCCN2CCCCC2)c1.O=C(O)C(=O)O. The van der Waals surface area contributed by atoms with E-state index in [1.165, 1.54) is 58.2 Å². The predicted molar refractivity (Wildman–Crippen MR) is 101 cm³/mol. The van der Waals surface area contributed by atoms with Gasteiger partial charge >= 0.3 is 11.9 Å². The minimum absolute atomic E-state index is 0.740. The van der Waals surface area contributed by atoms with Crippen LogP contribution in [-0.4, -0.2) is 53.3 Å². The Balaban J connectivity index is 0.000000487. The maximum Gasteiger partial charge on any atom is 0.414 e. The lowest BCUT2D eigenvalue weighted by Gasteiger charge is -2.26. The van der Waals surface area contributed by atoms with E-state index in [0.717, 1.165) is 23.8 Å². The summed E-state index contributed by atoms with van der Waals surface area (Å²) in [6.07, 6.45) is 9.26. The molecule has 0 bridgehead atoms. The first-order chi connectivity index (χ1) is 12.5. The smallest absolute Gasteiger partial charge is 0.414 e. The van der Waals surface area contributed by atoms with Crippen molar-refractivity contribution in [3.63, 3.8) is 0 Å². The lowest BCUT2D eigenvalue weighted by molar-refractivity contribution is -0.159. The van der Waals surface area contributed by atoms with Crippen molar-refractivity contribution in [2.45, 2.75) is 44.9 Å². The lowest BCUT2D eigenvalue weighted by atomic mass is 10.1. The first-order valence-electron chi connectivity index (χ1n) is 9.06. The van der Waals surface area contributed by atoms with Crippen LogP contribution >= 0.6 is 11.6 Å². The molecule has 1 aromatic carbocycles. The van der Waals surface area contributed by atoms with Crippen LogP contribution in [0.25, 0.3) is 0 Å². The zero-order valence-electron chi connectivity index (χ0n) is 15.0. The van der Waals surface area contributed by atoms with Gasteiger partial charge in [-0.05, 0) is 63.5 Å². The second kappa shape index (κ2) is 13.4. The van der Waals surface area contributed by atoms with E-state index in [9.17, 15) is 0 Å². The van der Waals surface area contributed by atoms with E-state index in [1.54, 1.807) is 0 Å². The van der Waals surface area contributed by atoms with Gasteiger partial charge in [-0.25, -0.2) is 9.59 Å². The highest BCUT2D eigenvalue weighted by molar-refractivity contribution is 6.30. The number of carbonyl (C=O) groups is 2. The number of unbranched alkanes of at least 4 members (excludes halogenated alkanes) is 3. The third-order valence-corrected chi connectivity index (χ3v) is 4.30. The fourth-order valence-electron chi connectivity index (χ4n) is 2.72. The molecule has 2 rings (SSSR count). The Hall–Kier alpha value is -1.79.